The first kappa shape index (κ1) is 16.7. The van der Waals surface area contributed by atoms with E-state index in [0.29, 0.717) is 30.7 Å². The molecule has 2 aromatic heterocycles. The van der Waals surface area contributed by atoms with E-state index in [1.165, 1.54) is 0 Å². The van der Waals surface area contributed by atoms with Crippen LogP contribution in [0.4, 0.5) is 11.6 Å². The molecule has 1 atom stereocenters. The van der Waals surface area contributed by atoms with Crippen molar-refractivity contribution in [1.82, 2.24) is 24.7 Å². The third-order valence-corrected chi connectivity index (χ3v) is 4.43. The number of rotatable bonds is 7. The molecule has 2 heterocycles. The Morgan fingerprint density at radius 3 is 2.58 bits per heavy atom. The second kappa shape index (κ2) is 7.21. The Morgan fingerprint density at radius 2 is 1.92 bits per heavy atom. The zero-order valence-corrected chi connectivity index (χ0v) is 14.7. The molecule has 0 radical (unpaired) electrons. The highest BCUT2D eigenvalue weighted by molar-refractivity contribution is 5.57. The lowest BCUT2D eigenvalue weighted by Crippen LogP contribution is -2.17. The Kier molecular flexibility index (Phi) is 4.62. The zero-order chi connectivity index (χ0) is 17.9. The van der Waals surface area contributed by atoms with Gasteiger partial charge in [0.25, 0.3) is 0 Å². The van der Waals surface area contributed by atoms with Gasteiger partial charge in [-0.3, -0.25) is 0 Å². The second-order valence-electron chi connectivity index (χ2n) is 6.60. The summed E-state index contributed by atoms with van der Waals surface area (Å²) < 4.78 is 1.78. The molecule has 1 aliphatic rings. The fourth-order valence-electron chi connectivity index (χ4n) is 2.70. The number of aliphatic hydroxyl groups excluding tert-OH is 1. The highest BCUT2D eigenvalue weighted by Crippen LogP contribution is 2.38. The van der Waals surface area contributed by atoms with Crippen LogP contribution in [0.3, 0.4) is 0 Å². The Labute approximate surface area is 152 Å². The summed E-state index contributed by atoms with van der Waals surface area (Å²) in [5.74, 6) is 2.55. The molecule has 1 fully saturated rings. The molecule has 2 N–H and O–H groups in total. The Bertz CT molecular complexity index is 857. The first-order valence-electron chi connectivity index (χ1n) is 9.00. The summed E-state index contributed by atoms with van der Waals surface area (Å²) in [7, 11) is 0. The van der Waals surface area contributed by atoms with Crippen LogP contribution in [0.25, 0.3) is 11.4 Å². The van der Waals surface area contributed by atoms with Crippen molar-refractivity contribution in [3.05, 3.63) is 48.5 Å². The number of benzene rings is 1. The summed E-state index contributed by atoms with van der Waals surface area (Å²) in [4.78, 5) is 13.5. The predicted octanol–water partition coefficient (Wildman–Crippen LogP) is 3.13. The van der Waals surface area contributed by atoms with Crippen LogP contribution < -0.4 is 5.32 Å². The average molecular weight is 350 g/mol. The van der Waals surface area contributed by atoms with E-state index in [9.17, 15) is 5.11 Å². The standard InChI is InChI=1S/C19H22N6O/c1-2-16(26)12-25-18(23-17(24-25)13-8-9-13)14-10-20-19(21-11-14)22-15-6-4-3-5-7-15/h3-7,10-11,13,16,26H,2,8-9,12H2,1H3,(H,20,21,22). The quantitative estimate of drug-likeness (QED) is 0.680. The third-order valence-electron chi connectivity index (χ3n) is 4.43. The van der Waals surface area contributed by atoms with Gasteiger partial charge in [-0.1, -0.05) is 25.1 Å². The number of hydrogen-bond acceptors (Lipinski definition) is 6. The lowest BCUT2D eigenvalue weighted by atomic mass is 10.2. The van der Waals surface area contributed by atoms with Gasteiger partial charge in [-0.2, -0.15) is 5.10 Å². The normalized spacial score (nSPS) is 15.0. The largest absolute Gasteiger partial charge is 0.391 e. The van der Waals surface area contributed by atoms with Crippen LogP contribution in [0.1, 0.15) is 37.9 Å². The van der Waals surface area contributed by atoms with Crippen LogP contribution in [0, 0.1) is 0 Å². The molecular weight excluding hydrogens is 328 g/mol. The molecule has 4 rings (SSSR count). The molecule has 3 aromatic rings. The van der Waals surface area contributed by atoms with Gasteiger partial charge in [0.05, 0.1) is 18.2 Å². The number of nitrogens with one attached hydrogen (secondary N) is 1. The minimum Gasteiger partial charge on any atom is -0.391 e. The predicted molar refractivity (Wildman–Crippen MR) is 99.0 cm³/mol. The van der Waals surface area contributed by atoms with Gasteiger partial charge in [-0.05, 0) is 31.4 Å². The number of hydrogen-bond donors (Lipinski definition) is 2. The summed E-state index contributed by atoms with van der Waals surface area (Å²) in [6.07, 6.45) is 5.99. The molecule has 0 bridgehead atoms. The van der Waals surface area contributed by atoms with Gasteiger partial charge in [-0.25, -0.2) is 19.6 Å². The maximum atomic E-state index is 10.0. The molecule has 0 saturated heterocycles. The van der Waals surface area contributed by atoms with Gasteiger partial charge in [0.1, 0.15) is 0 Å². The number of aliphatic hydroxyl groups is 1. The molecule has 1 aliphatic carbocycles. The van der Waals surface area contributed by atoms with E-state index in [4.69, 9.17) is 0 Å². The second-order valence-corrected chi connectivity index (χ2v) is 6.60. The lowest BCUT2D eigenvalue weighted by Gasteiger charge is -2.10. The Morgan fingerprint density at radius 1 is 1.19 bits per heavy atom. The number of para-hydroxylation sites is 1. The van der Waals surface area contributed by atoms with Crippen molar-refractivity contribution in [1.29, 1.82) is 0 Å². The van der Waals surface area contributed by atoms with Crippen LogP contribution >= 0.6 is 0 Å². The molecule has 1 aromatic carbocycles. The number of aromatic nitrogens is 5. The zero-order valence-electron chi connectivity index (χ0n) is 14.7. The smallest absolute Gasteiger partial charge is 0.227 e. The van der Waals surface area contributed by atoms with E-state index in [1.54, 1.807) is 17.1 Å². The fourth-order valence-corrected chi connectivity index (χ4v) is 2.70. The SMILES string of the molecule is CCC(O)Cn1nc(C2CC2)nc1-c1cnc(Nc2ccccc2)nc1. The van der Waals surface area contributed by atoms with Crippen LogP contribution in [0.2, 0.25) is 0 Å². The summed E-state index contributed by atoms with van der Waals surface area (Å²) in [6, 6.07) is 9.79. The van der Waals surface area contributed by atoms with E-state index in [2.05, 4.69) is 25.4 Å². The maximum absolute atomic E-state index is 10.0. The number of anilines is 2. The van der Waals surface area contributed by atoms with Gasteiger partial charge < -0.3 is 10.4 Å². The van der Waals surface area contributed by atoms with Crippen LogP contribution in [0.5, 0.6) is 0 Å². The Hall–Kier alpha value is -2.80. The van der Waals surface area contributed by atoms with Crippen molar-refractivity contribution in [3.63, 3.8) is 0 Å². The Balaban J connectivity index is 1.58. The average Bonchev–Trinajstić information content (AvgIpc) is 3.44. The van der Waals surface area contributed by atoms with Crippen LogP contribution in [-0.4, -0.2) is 35.9 Å². The van der Waals surface area contributed by atoms with E-state index in [-0.39, 0.29) is 0 Å². The van der Waals surface area contributed by atoms with Crippen molar-refractivity contribution in [3.8, 4) is 11.4 Å². The molecule has 0 aliphatic heterocycles. The highest BCUT2D eigenvalue weighted by atomic mass is 16.3. The molecule has 26 heavy (non-hydrogen) atoms. The first-order chi connectivity index (χ1) is 12.7. The minimum atomic E-state index is -0.442. The number of nitrogens with zero attached hydrogens (tertiary/aromatic N) is 5. The topological polar surface area (TPSA) is 88.8 Å². The van der Waals surface area contributed by atoms with Crippen LogP contribution in [0.15, 0.2) is 42.7 Å². The maximum Gasteiger partial charge on any atom is 0.227 e. The van der Waals surface area contributed by atoms with Gasteiger partial charge in [0, 0.05) is 24.0 Å². The van der Waals surface area contributed by atoms with Crippen LogP contribution in [-0.2, 0) is 6.54 Å². The van der Waals surface area contributed by atoms with Gasteiger partial charge in [0.2, 0.25) is 5.95 Å². The molecule has 1 unspecified atom stereocenters. The third kappa shape index (κ3) is 3.72. The molecular formula is C19H22N6O. The van der Waals surface area contributed by atoms with E-state index >= 15 is 0 Å². The van der Waals surface area contributed by atoms with Crippen molar-refractivity contribution in [2.75, 3.05) is 5.32 Å². The fraction of sp³-hybridized carbons (Fsp3) is 0.368. The molecule has 1 saturated carbocycles. The summed E-state index contributed by atoms with van der Waals surface area (Å²) in [6.45, 7) is 2.38. The molecule has 7 heteroatoms. The molecule has 0 amide bonds. The monoisotopic (exact) mass is 350 g/mol. The molecule has 134 valence electrons. The van der Waals surface area contributed by atoms with E-state index < -0.39 is 6.10 Å². The summed E-state index contributed by atoms with van der Waals surface area (Å²) in [5.41, 5.74) is 1.73. The summed E-state index contributed by atoms with van der Waals surface area (Å²) >= 11 is 0. The molecule has 7 nitrogen and oxygen atoms in total. The van der Waals surface area contributed by atoms with Gasteiger partial charge >= 0.3 is 0 Å². The van der Waals surface area contributed by atoms with E-state index in [0.717, 1.165) is 29.9 Å². The van der Waals surface area contributed by atoms with Crippen molar-refractivity contribution < 1.29 is 5.11 Å². The minimum absolute atomic E-state index is 0.426. The van der Waals surface area contributed by atoms with Crippen molar-refractivity contribution in [2.45, 2.75) is 44.8 Å². The van der Waals surface area contributed by atoms with Crippen molar-refractivity contribution >= 4 is 11.6 Å². The van der Waals surface area contributed by atoms with Gasteiger partial charge in [-0.15, -0.1) is 0 Å². The van der Waals surface area contributed by atoms with Gasteiger partial charge in [0.15, 0.2) is 11.6 Å². The highest BCUT2D eigenvalue weighted by Gasteiger charge is 2.29. The van der Waals surface area contributed by atoms with Crippen molar-refractivity contribution in [2.24, 2.45) is 0 Å². The van der Waals surface area contributed by atoms with E-state index in [1.807, 2.05) is 37.3 Å². The first-order valence-corrected chi connectivity index (χ1v) is 9.00. The lowest BCUT2D eigenvalue weighted by molar-refractivity contribution is 0.145. The molecule has 0 spiro atoms. The summed E-state index contributed by atoms with van der Waals surface area (Å²) in [5, 5.41) is 17.8.